The van der Waals surface area contributed by atoms with Gasteiger partial charge in [-0.1, -0.05) is 6.07 Å². The maximum atomic E-state index is 13.2. The molecule has 28 heavy (non-hydrogen) atoms. The van der Waals surface area contributed by atoms with Crippen LogP contribution in [0.5, 0.6) is 0 Å². The molecule has 0 aliphatic carbocycles. The number of ether oxygens (including phenoxy) is 1. The van der Waals surface area contributed by atoms with Gasteiger partial charge in [-0.25, -0.2) is 19.5 Å². The Kier molecular flexibility index (Phi) is 4.06. The molecule has 9 nitrogen and oxygen atoms in total. The Balaban J connectivity index is 1.53. The number of fused-ring (bicyclic) bond motifs is 1. The van der Waals surface area contributed by atoms with E-state index in [2.05, 4.69) is 10.3 Å². The van der Waals surface area contributed by atoms with Crippen molar-refractivity contribution in [3.05, 3.63) is 30.6 Å². The van der Waals surface area contributed by atoms with Crippen molar-refractivity contribution in [1.29, 1.82) is 0 Å². The third-order valence-corrected chi connectivity index (χ3v) is 5.06. The molecule has 2 aliphatic heterocycles. The lowest BCUT2D eigenvalue weighted by atomic mass is 9.87. The fourth-order valence-corrected chi connectivity index (χ4v) is 3.65. The Bertz CT molecular complexity index is 953. The van der Waals surface area contributed by atoms with Crippen LogP contribution in [0, 0.1) is 0 Å². The second-order valence-electron chi connectivity index (χ2n) is 8.17. The maximum absolute atomic E-state index is 13.2. The zero-order chi connectivity index (χ0) is 20.1. The van der Waals surface area contributed by atoms with Gasteiger partial charge in [0.15, 0.2) is 0 Å². The molecule has 2 aliphatic rings. The maximum Gasteiger partial charge on any atom is 0.410 e. The van der Waals surface area contributed by atoms with Gasteiger partial charge in [-0.05, 0) is 45.7 Å². The van der Waals surface area contributed by atoms with Crippen LogP contribution < -0.4 is 10.2 Å². The number of piperidine rings is 1. The van der Waals surface area contributed by atoms with Crippen LogP contribution in [0.25, 0.3) is 5.65 Å². The minimum absolute atomic E-state index is 0.313. The first-order valence-electron chi connectivity index (χ1n) is 9.27. The van der Waals surface area contributed by atoms with Gasteiger partial charge in [-0.15, -0.1) is 0 Å². The highest BCUT2D eigenvalue weighted by molar-refractivity contribution is 6.23. The molecule has 0 aromatic carbocycles. The number of likely N-dealkylation sites (tertiary alicyclic amines) is 1. The zero-order valence-corrected chi connectivity index (χ0v) is 16.1. The number of nitrogens with one attached hydrogen (secondary N) is 1. The van der Waals surface area contributed by atoms with Crippen LogP contribution >= 0.6 is 0 Å². The molecule has 0 unspecified atom stereocenters. The van der Waals surface area contributed by atoms with E-state index in [0.717, 1.165) is 4.90 Å². The molecule has 4 amide bonds. The minimum Gasteiger partial charge on any atom is -0.444 e. The first-order valence-corrected chi connectivity index (χ1v) is 9.27. The second kappa shape index (κ2) is 6.22. The predicted octanol–water partition coefficient (Wildman–Crippen LogP) is 2.16. The van der Waals surface area contributed by atoms with Crippen molar-refractivity contribution in [3.63, 3.8) is 0 Å². The van der Waals surface area contributed by atoms with Gasteiger partial charge in [0.1, 0.15) is 22.6 Å². The summed E-state index contributed by atoms with van der Waals surface area (Å²) in [6.07, 6.45) is 3.54. The summed E-state index contributed by atoms with van der Waals surface area (Å²) < 4.78 is 7.10. The van der Waals surface area contributed by atoms with Crippen LogP contribution in [0.3, 0.4) is 0 Å². The molecule has 9 heteroatoms. The van der Waals surface area contributed by atoms with Crippen LogP contribution in [0.15, 0.2) is 30.6 Å². The molecule has 0 atom stereocenters. The Morgan fingerprint density at radius 3 is 2.61 bits per heavy atom. The van der Waals surface area contributed by atoms with E-state index in [1.165, 1.54) is 6.20 Å². The standard InChI is InChI=1S/C19H23N5O4/c1-18(2,3)28-17(27)22-10-7-19(8-11-22)15(25)24(16(26)21-19)14-12-20-13-6-4-5-9-23(13)14/h4-6,9,12H,7-8,10-11H2,1-3H3,(H,21,26). The van der Waals surface area contributed by atoms with Crippen molar-refractivity contribution in [1.82, 2.24) is 19.6 Å². The molecule has 1 N–H and O–H groups in total. The number of rotatable bonds is 1. The highest BCUT2D eigenvalue weighted by Gasteiger charge is 2.54. The number of nitrogens with zero attached hydrogens (tertiary/aromatic N) is 4. The summed E-state index contributed by atoms with van der Waals surface area (Å²) in [6, 6.07) is 4.98. The highest BCUT2D eigenvalue weighted by Crippen LogP contribution is 2.33. The van der Waals surface area contributed by atoms with Crippen molar-refractivity contribution in [2.75, 3.05) is 18.0 Å². The number of imidazole rings is 1. The van der Waals surface area contributed by atoms with E-state index < -0.39 is 23.3 Å². The topological polar surface area (TPSA) is 96.2 Å². The van der Waals surface area contributed by atoms with Crippen molar-refractivity contribution in [3.8, 4) is 0 Å². The number of carbonyl (C=O) groups excluding carboxylic acids is 3. The van der Waals surface area contributed by atoms with Crippen LogP contribution in [-0.2, 0) is 9.53 Å². The highest BCUT2D eigenvalue weighted by atomic mass is 16.6. The number of imide groups is 1. The summed E-state index contributed by atoms with van der Waals surface area (Å²) >= 11 is 0. The van der Waals surface area contributed by atoms with Crippen LogP contribution in [0.2, 0.25) is 0 Å². The molecule has 4 rings (SSSR count). The third kappa shape index (κ3) is 2.96. The lowest BCUT2D eigenvalue weighted by Gasteiger charge is -2.37. The van der Waals surface area contributed by atoms with E-state index in [0.29, 0.717) is 37.4 Å². The number of aromatic nitrogens is 2. The number of urea groups is 1. The zero-order valence-electron chi connectivity index (χ0n) is 16.1. The minimum atomic E-state index is -1.01. The number of hydrogen-bond acceptors (Lipinski definition) is 5. The Morgan fingerprint density at radius 1 is 1.21 bits per heavy atom. The predicted molar refractivity (Wildman–Crippen MR) is 101 cm³/mol. The largest absolute Gasteiger partial charge is 0.444 e. The van der Waals surface area contributed by atoms with Crippen LogP contribution in [-0.4, -0.2) is 56.5 Å². The first-order chi connectivity index (χ1) is 13.2. The Hall–Kier alpha value is -3.10. The molecule has 2 fully saturated rings. The van der Waals surface area contributed by atoms with Crippen LogP contribution in [0.1, 0.15) is 33.6 Å². The quantitative estimate of drug-likeness (QED) is 0.759. The van der Waals surface area contributed by atoms with Crippen molar-refractivity contribution in [2.24, 2.45) is 0 Å². The monoisotopic (exact) mass is 385 g/mol. The number of anilines is 1. The first kappa shape index (κ1) is 18.3. The van der Waals surface area contributed by atoms with Gasteiger partial charge in [0, 0.05) is 19.3 Å². The van der Waals surface area contributed by atoms with Crippen molar-refractivity contribution in [2.45, 2.75) is 44.8 Å². The van der Waals surface area contributed by atoms with Gasteiger partial charge >= 0.3 is 12.1 Å². The summed E-state index contributed by atoms with van der Waals surface area (Å²) in [5.41, 5.74) is -0.934. The third-order valence-electron chi connectivity index (χ3n) is 5.06. The van der Waals surface area contributed by atoms with E-state index in [1.807, 2.05) is 32.9 Å². The van der Waals surface area contributed by atoms with E-state index >= 15 is 0 Å². The molecule has 148 valence electrons. The Labute approximate surface area is 162 Å². The molecular formula is C19H23N5O4. The summed E-state index contributed by atoms with van der Waals surface area (Å²) in [5, 5.41) is 2.85. The van der Waals surface area contributed by atoms with E-state index in [9.17, 15) is 14.4 Å². The molecule has 2 aromatic heterocycles. The summed E-state index contributed by atoms with van der Waals surface area (Å²) in [7, 11) is 0. The second-order valence-corrected chi connectivity index (χ2v) is 8.17. The smallest absolute Gasteiger partial charge is 0.410 e. The van der Waals surface area contributed by atoms with Gasteiger partial charge in [0.05, 0.1) is 6.20 Å². The fourth-order valence-electron chi connectivity index (χ4n) is 3.65. The average Bonchev–Trinajstić information content (AvgIpc) is 3.14. The fraction of sp³-hybridized carbons (Fsp3) is 0.474. The number of amides is 4. The molecule has 2 saturated heterocycles. The van der Waals surface area contributed by atoms with Gasteiger partial charge in [-0.3, -0.25) is 9.20 Å². The summed E-state index contributed by atoms with van der Waals surface area (Å²) in [5.74, 6) is 0.0940. The van der Waals surface area contributed by atoms with Gasteiger partial charge in [-0.2, -0.15) is 0 Å². The normalized spacial score (nSPS) is 19.4. The van der Waals surface area contributed by atoms with E-state index in [1.54, 1.807) is 21.6 Å². The molecule has 1 spiro atoms. The van der Waals surface area contributed by atoms with E-state index in [-0.39, 0.29) is 5.91 Å². The van der Waals surface area contributed by atoms with Gasteiger partial charge in [0.25, 0.3) is 5.91 Å². The molecule has 0 radical (unpaired) electrons. The van der Waals surface area contributed by atoms with Crippen molar-refractivity contribution < 1.29 is 19.1 Å². The lowest BCUT2D eigenvalue weighted by molar-refractivity contribution is -0.123. The average molecular weight is 385 g/mol. The van der Waals surface area contributed by atoms with Crippen LogP contribution in [0.4, 0.5) is 15.4 Å². The van der Waals surface area contributed by atoms with Crippen molar-refractivity contribution >= 4 is 29.5 Å². The molecular weight excluding hydrogens is 362 g/mol. The van der Waals surface area contributed by atoms with Gasteiger partial charge in [0.2, 0.25) is 0 Å². The number of hydrogen-bond donors (Lipinski definition) is 1. The molecule has 0 saturated carbocycles. The summed E-state index contributed by atoms with van der Waals surface area (Å²) in [4.78, 5) is 45.1. The number of pyridine rings is 1. The Morgan fingerprint density at radius 2 is 1.93 bits per heavy atom. The van der Waals surface area contributed by atoms with E-state index in [4.69, 9.17) is 4.74 Å². The number of carbonyl (C=O) groups is 3. The molecule has 2 aromatic rings. The SMILES string of the molecule is CC(C)(C)OC(=O)N1CCC2(CC1)NC(=O)N(c1cnc3ccccn13)C2=O. The summed E-state index contributed by atoms with van der Waals surface area (Å²) in [6.45, 7) is 6.10. The molecule has 0 bridgehead atoms. The lowest BCUT2D eigenvalue weighted by Crippen LogP contribution is -2.56. The molecule has 4 heterocycles. The van der Waals surface area contributed by atoms with Gasteiger partial charge < -0.3 is 15.0 Å².